The molecule has 3 aromatic rings. The number of hydrogen-bond acceptors (Lipinski definition) is 8. The number of carbonyl (C=O) groups is 2. The molecular formula is C18H16N4O5S. The number of hydrogen-bond donors (Lipinski definition) is 4. The molecule has 3 rings (SSSR count). The molecule has 1 amide bonds. The van der Waals surface area contributed by atoms with E-state index in [0.717, 1.165) is 7.11 Å². The van der Waals surface area contributed by atoms with Crippen molar-refractivity contribution in [3.63, 3.8) is 0 Å². The van der Waals surface area contributed by atoms with E-state index in [1.165, 1.54) is 11.3 Å². The van der Waals surface area contributed by atoms with Crippen LogP contribution in [0.1, 0.15) is 22.1 Å². The minimum Gasteiger partial charge on any atom is -0.501 e. The zero-order chi connectivity index (χ0) is 20.3. The highest BCUT2D eigenvalue weighted by molar-refractivity contribution is 7.14. The van der Waals surface area contributed by atoms with Crippen molar-refractivity contribution in [2.75, 3.05) is 12.4 Å². The van der Waals surface area contributed by atoms with Crippen molar-refractivity contribution in [3.8, 4) is 16.5 Å². The predicted octanol–water partition coefficient (Wildman–Crippen LogP) is 1.63. The second-order valence-corrected chi connectivity index (χ2v) is 6.56. The standard InChI is InChI=1S/C18H16N4O5S/c1-27-18(26)12-13(23)17(25)22-15(21-12)14-10(7-8-28-14)20-16(24)11(19)9-5-3-2-4-6-9/h2-8,11,23H,19H2,1H3,(H,20,24)(H,21,22,25)/t11-/m0/s1. The monoisotopic (exact) mass is 400 g/mol. The van der Waals surface area contributed by atoms with Crippen LogP contribution in [-0.2, 0) is 9.53 Å². The normalized spacial score (nSPS) is 11.6. The third-order valence-corrected chi connectivity index (χ3v) is 4.77. The van der Waals surface area contributed by atoms with Gasteiger partial charge in [0.25, 0.3) is 5.56 Å². The third kappa shape index (κ3) is 3.77. The minimum atomic E-state index is -0.960. The fraction of sp³-hybridized carbons (Fsp3) is 0.111. The van der Waals surface area contributed by atoms with Gasteiger partial charge in [0.05, 0.1) is 17.7 Å². The van der Waals surface area contributed by atoms with E-state index in [4.69, 9.17) is 5.73 Å². The maximum atomic E-state index is 12.5. The molecule has 0 aliphatic carbocycles. The number of esters is 1. The first kappa shape index (κ1) is 19.3. The van der Waals surface area contributed by atoms with Gasteiger partial charge in [-0.2, -0.15) is 0 Å². The van der Waals surface area contributed by atoms with Gasteiger partial charge in [0.1, 0.15) is 6.04 Å². The van der Waals surface area contributed by atoms with E-state index in [0.29, 0.717) is 16.1 Å². The number of aromatic hydroxyl groups is 1. The molecule has 0 fully saturated rings. The summed E-state index contributed by atoms with van der Waals surface area (Å²) < 4.78 is 4.52. The number of thiophene rings is 1. The van der Waals surface area contributed by atoms with Gasteiger partial charge in [0.15, 0.2) is 11.5 Å². The second-order valence-electron chi connectivity index (χ2n) is 5.64. The van der Waals surface area contributed by atoms with Gasteiger partial charge in [0.2, 0.25) is 11.7 Å². The summed E-state index contributed by atoms with van der Waals surface area (Å²) in [6.45, 7) is 0. The fourth-order valence-corrected chi connectivity index (χ4v) is 3.22. The summed E-state index contributed by atoms with van der Waals surface area (Å²) >= 11 is 1.17. The van der Waals surface area contributed by atoms with Crippen LogP contribution in [0.5, 0.6) is 5.75 Å². The molecular weight excluding hydrogens is 384 g/mol. The van der Waals surface area contributed by atoms with Crippen molar-refractivity contribution in [3.05, 3.63) is 63.4 Å². The number of carbonyl (C=O) groups excluding carboxylic acids is 2. The van der Waals surface area contributed by atoms with Crippen molar-refractivity contribution in [2.24, 2.45) is 5.73 Å². The van der Waals surface area contributed by atoms with Gasteiger partial charge in [-0.05, 0) is 17.0 Å². The van der Waals surface area contributed by atoms with Crippen molar-refractivity contribution in [1.82, 2.24) is 9.97 Å². The Morgan fingerprint density at radius 1 is 1.29 bits per heavy atom. The molecule has 1 aromatic carbocycles. The first-order chi connectivity index (χ1) is 13.4. The van der Waals surface area contributed by atoms with Gasteiger partial charge in [-0.25, -0.2) is 9.78 Å². The van der Waals surface area contributed by atoms with Gasteiger partial charge < -0.3 is 25.9 Å². The number of anilines is 1. The number of rotatable bonds is 5. The van der Waals surface area contributed by atoms with Crippen LogP contribution in [0, 0.1) is 0 Å². The lowest BCUT2D eigenvalue weighted by Gasteiger charge is -2.13. The summed E-state index contributed by atoms with van der Waals surface area (Å²) in [6.07, 6.45) is 0. The average Bonchev–Trinajstić information content (AvgIpc) is 3.17. The first-order valence-corrected chi connectivity index (χ1v) is 8.91. The zero-order valence-electron chi connectivity index (χ0n) is 14.6. The molecule has 144 valence electrons. The summed E-state index contributed by atoms with van der Waals surface area (Å²) in [4.78, 5) is 42.9. The molecule has 0 radical (unpaired) electrons. The van der Waals surface area contributed by atoms with Crippen LogP contribution in [-0.4, -0.2) is 34.1 Å². The number of nitrogens with two attached hydrogens (primary N) is 1. The van der Waals surface area contributed by atoms with Gasteiger partial charge in [-0.15, -0.1) is 11.3 Å². The lowest BCUT2D eigenvalue weighted by Crippen LogP contribution is -2.27. The number of aromatic nitrogens is 2. The van der Waals surface area contributed by atoms with Gasteiger partial charge in [0, 0.05) is 0 Å². The average molecular weight is 400 g/mol. The molecule has 1 atom stereocenters. The summed E-state index contributed by atoms with van der Waals surface area (Å²) in [6, 6.07) is 9.56. The second kappa shape index (κ2) is 8.03. The number of nitrogens with zero attached hydrogens (tertiary/aromatic N) is 1. The number of methoxy groups -OCH3 is 1. The molecule has 0 aliphatic heterocycles. The van der Waals surface area contributed by atoms with Crippen molar-refractivity contribution in [1.29, 1.82) is 0 Å². The molecule has 0 bridgehead atoms. The van der Waals surface area contributed by atoms with Crippen LogP contribution in [0.4, 0.5) is 5.69 Å². The van der Waals surface area contributed by atoms with E-state index in [9.17, 15) is 19.5 Å². The summed E-state index contributed by atoms with van der Waals surface area (Å²) in [5.74, 6) is -2.26. The maximum Gasteiger partial charge on any atom is 0.360 e. The molecule has 0 spiro atoms. The lowest BCUT2D eigenvalue weighted by molar-refractivity contribution is -0.117. The zero-order valence-corrected chi connectivity index (χ0v) is 15.4. The summed E-state index contributed by atoms with van der Waals surface area (Å²) in [7, 11) is 1.10. The molecule has 28 heavy (non-hydrogen) atoms. The number of ether oxygens (including phenoxy) is 1. The molecule has 0 saturated carbocycles. The largest absolute Gasteiger partial charge is 0.501 e. The molecule has 0 aliphatic rings. The Labute approximate surface area is 162 Å². The molecule has 5 N–H and O–H groups in total. The van der Waals surface area contributed by atoms with E-state index in [2.05, 4.69) is 20.0 Å². The lowest BCUT2D eigenvalue weighted by atomic mass is 10.1. The Morgan fingerprint density at radius 3 is 2.68 bits per heavy atom. The van der Waals surface area contributed by atoms with Crippen molar-refractivity contribution < 1.29 is 19.4 Å². The number of nitrogens with one attached hydrogen (secondary N) is 2. The Kier molecular flexibility index (Phi) is 5.52. The molecule has 2 aromatic heterocycles. The Morgan fingerprint density at radius 2 is 2.00 bits per heavy atom. The van der Waals surface area contributed by atoms with E-state index >= 15 is 0 Å². The first-order valence-electron chi connectivity index (χ1n) is 8.03. The third-order valence-electron chi connectivity index (χ3n) is 3.85. The quantitative estimate of drug-likeness (QED) is 0.476. The number of aromatic amines is 1. The van der Waals surface area contributed by atoms with Crippen LogP contribution in [0.15, 0.2) is 46.6 Å². The SMILES string of the molecule is COC(=O)c1nc(-c2sccc2NC(=O)[C@@H](N)c2ccccc2)[nH]c(=O)c1O. The highest BCUT2D eigenvalue weighted by atomic mass is 32.1. The Bertz CT molecular complexity index is 1080. The molecule has 0 unspecified atom stereocenters. The highest BCUT2D eigenvalue weighted by Crippen LogP contribution is 2.32. The minimum absolute atomic E-state index is 0.00165. The predicted molar refractivity (Wildman–Crippen MR) is 103 cm³/mol. The highest BCUT2D eigenvalue weighted by Gasteiger charge is 2.22. The topological polar surface area (TPSA) is 147 Å². The van der Waals surface area contributed by atoms with E-state index < -0.39 is 34.9 Å². The fourth-order valence-electron chi connectivity index (χ4n) is 2.43. The van der Waals surface area contributed by atoms with Crippen molar-refractivity contribution >= 4 is 28.9 Å². The maximum absolute atomic E-state index is 12.5. The molecule has 10 heteroatoms. The van der Waals surface area contributed by atoms with Crippen LogP contribution >= 0.6 is 11.3 Å². The van der Waals surface area contributed by atoms with Crippen LogP contribution in [0.2, 0.25) is 0 Å². The Hall–Kier alpha value is -3.50. The van der Waals surface area contributed by atoms with Crippen molar-refractivity contribution in [2.45, 2.75) is 6.04 Å². The molecule has 0 saturated heterocycles. The van der Waals surface area contributed by atoms with Gasteiger partial charge >= 0.3 is 5.97 Å². The van der Waals surface area contributed by atoms with Crippen LogP contribution < -0.4 is 16.6 Å². The van der Waals surface area contributed by atoms with E-state index in [1.54, 1.807) is 35.7 Å². The summed E-state index contributed by atoms with van der Waals surface area (Å²) in [5.41, 5.74) is 5.56. The summed E-state index contributed by atoms with van der Waals surface area (Å²) in [5, 5.41) is 14.1. The number of H-pyrrole nitrogens is 1. The van der Waals surface area contributed by atoms with E-state index in [1.807, 2.05) is 6.07 Å². The number of benzene rings is 1. The molecule has 9 nitrogen and oxygen atoms in total. The Balaban J connectivity index is 1.92. The van der Waals surface area contributed by atoms with Gasteiger partial charge in [-0.1, -0.05) is 30.3 Å². The smallest absolute Gasteiger partial charge is 0.360 e. The van der Waals surface area contributed by atoms with Gasteiger partial charge in [-0.3, -0.25) is 9.59 Å². The number of amides is 1. The van der Waals surface area contributed by atoms with E-state index in [-0.39, 0.29) is 5.82 Å². The van der Waals surface area contributed by atoms with Crippen LogP contribution in [0.3, 0.4) is 0 Å². The van der Waals surface area contributed by atoms with Crippen LogP contribution in [0.25, 0.3) is 10.7 Å². The molecule has 2 heterocycles.